The average molecular weight is 225 g/mol. The summed E-state index contributed by atoms with van der Waals surface area (Å²) < 4.78 is 61.5. The van der Waals surface area contributed by atoms with Crippen LogP contribution < -0.4 is 5.73 Å². The Kier molecular flexibility index (Phi) is 3.28. The van der Waals surface area contributed by atoms with E-state index in [9.17, 15) is 22.0 Å². The van der Waals surface area contributed by atoms with Gasteiger partial charge in [0, 0.05) is 5.56 Å². The standard InChI is InChI=1S/C9H8F5N/c10-4-8(15)6-2-1-5(3-7(6)11)9(12,13)14/h1-3,8H,4,15H2/t8-/m1/s1. The molecule has 0 aliphatic carbocycles. The molecule has 6 heteroatoms. The van der Waals surface area contributed by atoms with Crippen molar-refractivity contribution in [2.75, 3.05) is 6.67 Å². The number of hydrogen-bond donors (Lipinski definition) is 1. The lowest BCUT2D eigenvalue weighted by molar-refractivity contribution is -0.137. The first-order valence-electron chi connectivity index (χ1n) is 4.04. The lowest BCUT2D eigenvalue weighted by Crippen LogP contribution is -2.15. The largest absolute Gasteiger partial charge is 0.416 e. The topological polar surface area (TPSA) is 26.0 Å². The molecule has 1 aromatic carbocycles. The van der Waals surface area contributed by atoms with E-state index < -0.39 is 30.3 Å². The van der Waals surface area contributed by atoms with E-state index in [1.165, 1.54) is 0 Å². The number of halogens is 5. The van der Waals surface area contributed by atoms with Crippen LogP contribution in [0.25, 0.3) is 0 Å². The van der Waals surface area contributed by atoms with E-state index in [1.54, 1.807) is 0 Å². The zero-order chi connectivity index (χ0) is 11.6. The van der Waals surface area contributed by atoms with Gasteiger partial charge in [-0.25, -0.2) is 8.78 Å². The van der Waals surface area contributed by atoms with Crippen molar-refractivity contribution < 1.29 is 22.0 Å². The van der Waals surface area contributed by atoms with Crippen molar-refractivity contribution in [1.29, 1.82) is 0 Å². The zero-order valence-electron chi connectivity index (χ0n) is 7.48. The molecule has 0 aromatic heterocycles. The van der Waals surface area contributed by atoms with Crippen LogP contribution in [0.15, 0.2) is 18.2 Å². The minimum absolute atomic E-state index is 0.259. The highest BCUT2D eigenvalue weighted by molar-refractivity contribution is 5.28. The van der Waals surface area contributed by atoms with Gasteiger partial charge in [0.15, 0.2) is 0 Å². The Morgan fingerprint density at radius 1 is 1.27 bits per heavy atom. The van der Waals surface area contributed by atoms with Gasteiger partial charge in [-0.15, -0.1) is 0 Å². The summed E-state index contributed by atoms with van der Waals surface area (Å²) in [4.78, 5) is 0. The van der Waals surface area contributed by atoms with Gasteiger partial charge in [-0.1, -0.05) is 6.07 Å². The van der Waals surface area contributed by atoms with Gasteiger partial charge in [0.25, 0.3) is 0 Å². The summed E-state index contributed by atoms with van der Waals surface area (Å²) >= 11 is 0. The number of rotatable bonds is 2. The predicted octanol–water partition coefficient (Wildman–Crippen LogP) is 2.81. The SMILES string of the molecule is N[C@H](CF)c1ccc(C(F)(F)F)cc1F. The maximum atomic E-state index is 13.1. The van der Waals surface area contributed by atoms with E-state index in [1.807, 2.05) is 0 Å². The summed E-state index contributed by atoms with van der Waals surface area (Å²) in [6.07, 6.45) is -4.61. The summed E-state index contributed by atoms with van der Waals surface area (Å²) in [5.41, 5.74) is 3.78. The van der Waals surface area contributed by atoms with Crippen LogP contribution in [0.4, 0.5) is 22.0 Å². The Morgan fingerprint density at radius 2 is 1.87 bits per heavy atom. The summed E-state index contributed by atoms with van der Waals surface area (Å²) in [6, 6.07) is 0.605. The zero-order valence-corrected chi connectivity index (χ0v) is 7.48. The molecule has 84 valence electrons. The Balaban J connectivity index is 3.09. The molecule has 1 atom stereocenters. The molecule has 0 radical (unpaired) electrons. The molecule has 15 heavy (non-hydrogen) atoms. The number of hydrogen-bond acceptors (Lipinski definition) is 1. The van der Waals surface area contributed by atoms with Gasteiger partial charge in [-0.3, -0.25) is 0 Å². The van der Waals surface area contributed by atoms with Crippen LogP contribution >= 0.6 is 0 Å². The quantitative estimate of drug-likeness (QED) is 0.769. The summed E-state index contributed by atoms with van der Waals surface area (Å²) in [5, 5.41) is 0. The van der Waals surface area contributed by atoms with Crippen molar-refractivity contribution in [2.24, 2.45) is 5.73 Å². The molecule has 0 heterocycles. The molecule has 0 spiro atoms. The normalized spacial score (nSPS) is 14.0. The van der Waals surface area contributed by atoms with E-state index in [0.717, 1.165) is 6.07 Å². The van der Waals surface area contributed by atoms with Crippen LogP contribution in [0.3, 0.4) is 0 Å². The van der Waals surface area contributed by atoms with Crippen LogP contribution in [0.5, 0.6) is 0 Å². The Bertz CT molecular complexity index is 347. The summed E-state index contributed by atoms with van der Waals surface area (Å²) in [6.45, 7) is -1.03. The lowest BCUT2D eigenvalue weighted by atomic mass is 10.1. The Labute approximate surface area is 82.7 Å². The highest BCUT2D eigenvalue weighted by Gasteiger charge is 2.31. The first kappa shape index (κ1) is 11.9. The molecular weight excluding hydrogens is 217 g/mol. The second-order valence-corrected chi connectivity index (χ2v) is 2.99. The van der Waals surface area contributed by atoms with Gasteiger partial charge in [-0.05, 0) is 12.1 Å². The van der Waals surface area contributed by atoms with Crippen molar-refractivity contribution in [3.63, 3.8) is 0 Å². The second-order valence-electron chi connectivity index (χ2n) is 2.99. The Morgan fingerprint density at radius 3 is 2.27 bits per heavy atom. The van der Waals surface area contributed by atoms with Gasteiger partial charge in [-0.2, -0.15) is 13.2 Å². The third-order valence-electron chi connectivity index (χ3n) is 1.89. The minimum Gasteiger partial charge on any atom is -0.322 e. The molecular formula is C9H8F5N. The number of nitrogens with two attached hydrogens (primary N) is 1. The molecule has 0 aliphatic heterocycles. The second kappa shape index (κ2) is 4.14. The van der Waals surface area contributed by atoms with Crippen LogP contribution in [0.2, 0.25) is 0 Å². The monoisotopic (exact) mass is 225 g/mol. The molecule has 0 saturated heterocycles. The number of benzene rings is 1. The van der Waals surface area contributed by atoms with Gasteiger partial charge in [0.1, 0.15) is 12.5 Å². The van der Waals surface area contributed by atoms with Gasteiger partial charge >= 0.3 is 6.18 Å². The first-order chi connectivity index (χ1) is 6.86. The summed E-state index contributed by atoms with van der Waals surface area (Å²) in [7, 11) is 0. The van der Waals surface area contributed by atoms with Crippen molar-refractivity contribution in [1.82, 2.24) is 0 Å². The lowest BCUT2D eigenvalue weighted by Gasteiger charge is -2.11. The first-order valence-corrected chi connectivity index (χ1v) is 4.04. The van der Waals surface area contributed by atoms with E-state index in [4.69, 9.17) is 5.73 Å². The molecule has 2 N–H and O–H groups in total. The van der Waals surface area contributed by atoms with Crippen LogP contribution in [0, 0.1) is 5.82 Å². The van der Waals surface area contributed by atoms with Crippen molar-refractivity contribution in [3.05, 3.63) is 35.1 Å². The molecule has 1 aromatic rings. The molecule has 0 bridgehead atoms. The average Bonchev–Trinajstić information content (AvgIpc) is 2.15. The highest BCUT2D eigenvalue weighted by Crippen LogP contribution is 2.31. The maximum Gasteiger partial charge on any atom is 0.416 e. The van der Waals surface area contributed by atoms with Gasteiger partial charge in [0.2, 0.25) is 0 Å². The predicted molar refractivity (Wildman–Crippen MR) is 44.3 cm³/mol. The van der Waals surface area contributed by atoms with Crippen molar-refractivity contribution in [2.45, 2.75) is 12.2 Å². The Hall–Kier alpha value is -1.17. The fourth-order valence-electron chi connectivity index (χ4n) is 1.09. The fourth-order valence-corrected chi connectivity index (χ4v) is 1.09. The molecule has 0 amide bonds. The minimum atomic E-state index is -4.61. The molecule has 1 nitrogen and oxygen atoms in total. The van der Waals surface area contributed by atoms with Crippen molar-refractivity contribution >= 4 is 0 Å². The van der Waals surface area contributed by atoms with Crippen molar-refractivity contribution in [3.8, 4) is 0 Å². The van der Waals surface area contributed by atoms with Gasteiger partial charge < -0.3 is 5.73 Å². The highest BCUT2D eigenvalue weighted by atomic mass is 19.4. The maximum absolute atomic E-state index is 13.1. The van der Waals surface area contributed by atoms with E-state index in [0.29, 0.717) is 12.1 Å². The van der Waals surface area contributed by atoms with E-state index >= 15 is 0 Å². The fraction of sp³-hybridized carbons (Fsp3) is 0.333. The molecule has 0 aliphatic rings. The summed E-state index contributed by atoms with van der Waals surface area (Å²) in [5.74, 6) is -1.14. The molecule has 0 unspecified atom stereocenters. The van der Waals surface area contributed by atoms with Gasteiger partial charge in [0.05, 0.1) is 11.6 Å². The third-order valence-corrected chi connectivity index (χ3v) is 1.89. The molecule has 0 fully saturated rings. The molecule has 0 saturated carbocycles. The van der Waals surface area contributed by atoms with E-state index in [-0.39, 0.29) is 5.56 Å². The van der Waals surface area contributed by atoms with Crippen LogP contribution in [-0.2, 0) is 6.18 Å². The van der Waals surface area contributed by atoms with Crippen LogP contribution in [-0.4, -0.2) is 6.67 Å². The third kappa shape index (κ3) is 2.65. The number of alkyl halides is 4. The van der Waals surface area contributed by atoms with Crippen LogP contribution in [0.1, 0.15) is 17.2 Å². The molecule has 1 rings (SSSR count). The smallest absolute Gasteiger partial charge is 0.322 e. The van der Waals surface area contributed by atoms with E-state index in [2.05, 4.69) is 0 Å².